The Hall–Kier alpha value is -2.49. The number of nitrogens with zero attached hydrogens (tertiary/aromatic N) is 3. The molecule has 4 atom stereocenters. The van der Waals surface area contributed by atoms with Crippen LogP contribution in [0.3, 0.4) is 0 Å². The molecule has 1 aliphatic rings. The first-order valence-corrected chi connectivity index (χ1v) is 9.08. The van der Waals surface area contributed by atoms with Crippen LogP contribution in [0.1, 0.15) is 6.23 Å². The van der Waals surface area contributed by atoms with Crippen LogP contribution in [0, 0.1) is 0 Å². The van der Waals surface area contributed by atoms with Gasteiger partial charge in [-0.15, -0.1) is 0 Å². The lowest BCUT2D eigenvalue weighted by atomic mass is 10.1. The van der Waals surface area contributed by atoms with Crippen molar-refractivity contribution in [2.24, 2.45) is 0 Å². The van der Waals surface area contributed by atoms with E-state index in [4.69, 9.17) is 20.8 Å². The van der Waals surface area contributed by atoms with E-state index in [0.29, 0.717) is 33.0 Å². The van der Waals surface area contributed by atoms with Crippen LogP contribution in [0.2, 0.25) is 5.02 Å². The standard InChI is InChI=1S/C19H16ClN3O5/c20-9-3-4-11-10(6-9)14-15(12-2-1-5-27-12)21-8-22-18(14)23(11)19-17(26)16(25)13(7-24)28-19/h1-6,8,13,16-17,19,24-26H,7H2/t13-,16-,17+,19-/m1/s1. The number of halogens is 1. The summed E-state index contributed by atoms with van der Waals surface area (Å²) in [5.74, 6) is 0.563. The van der Waals surface area contributed by atoms with Gasteiger partial charge in [0.05, 0.1) is 23.8 Å². The van der Waals surface area contributed by atoms with E-state index in [2.05, 4.69) is 9.97 Å². The maximum Gasteiger partial charge on any atom is 0.165 e. The molecule has 5 rings (SSSR count). The van der Waals surface area contributed by atoms with E-state index >= 15 is 0 Å². The Morgan fingerprint density at radius 2 is 2.00 bits per heavy atom. The van der Waals surface area contributed by atoms with E-state index in [9.17, 15) is 15.3 Å². The van der Waals surface area contributed by atoms with Gasteiger partial charge < -0.3 is 24.5 Å². The van der Waals surface area contributed by atoms with Crippen molar-refractivity contribution < 1.29 is 24.5 Å². The van der Waals surface area contributed by atoms with E-state index < -0.39 is 31.1 Å². The number of aromatic nitrogens is 3. The molecule has 28 heavy (non-hydrogen) atoms. The number of ether oxygens (including phenoxy) is 1. The summed E-state index contributed by atoms with van der Waals surface area (Å²) in [6, 6.07) is 8.86. The van der Waals surface area contributed by atoms with Gasteiger partial charge in [0, 0.05) is 10.4 Å². The summed E-state index contributed by atoms with van der Waals surface area (Å²) in [4.78, 5) is 8.79. The molecule has 0 bridgehead atoms. The molecule has 144 valence electrons. The van der Waals surface area contributed by atoms with Gasteiger partial charge in [-0.1, -0.05) is 11.6 Å². The highest BCUT2D eigenvalue weighted by atomic mass is 35.5. The Labute approximate surface area is 163 Å². The summed E-state index contributed by atoms with van der Waals surface area (Å²) in [6.45, 7) is -0.412. The Morgan fingerprint density at radius 3 is 2.71 bits per heavy atom. The molecule has 1 fully saturated rings. The van der Waals surface area contributed by atoms with Crippen LogP contribution < -0.4 is 0 Å². The fraction of sp³-hybridized carbons (Fsp3) is 0.263. The highest BCUT2D eigenvalue weighted by molar-refractivity contribution is 6.32. The van der Waals surface area contributed by atoms with Gasteiger partial charge >= 0.3 is 0 Å². The van der Waals surface area contributed by atoms with Crippen LogP contribution >= 0.6 is 11.6 Å². The van der Waals surface area contributed by atoms with Crippen molar-refractivity contribution in [1.82, 2.24) is 14.5 Å². The molecule has 4 aromatic rings. The number of aliphatic hydroxyl groups excluding tert-OH is 3. The molecule has 1 aromatic carbocycles. The predicted octanol–water partition coefficient (Wildman–Crippen LogP) is 2.11. The summed E-state index contributed by atoms with van der Waals surface area (Å²) in [7, 11) is 0. The third-order valence-electron chi connectivity index (χ3n) is 5.07. The van der Waals surface area contributed by atoms with Crippen molar-refractivity contribution in [2.45, 2.75) is 24.5 Å². The van der Waals surface area contributed by atoms with Gasteiger partial charge in [-0.2, -0.15) is 0 Å². The van der Waals surface area contributed by atoms with E-state index in [-0.39, 0.29) is 0 Å². The third-order valence-corrected chi connectivity index (χ3v) is 5.30. The molecule has 0 aliphatic carbocycles. The Kier molecular flexibility index (Phi) is 4.11. The van der Waals surface area contributed by atoms with Crippen LogP contribution in [0.25, 0.3) is 33.4 Å². The quantitative estimate of drug-likeness (QED) is 0.481. The van der Waals surface area contributed by atoms with E-state index in [1.807, 2.05) is 0 Å². The molecule has 4 heterocycles. The minimum absolute atomic E-state index is 0.412. The topological polar surface area (TPSA) is 114 Å². The monoisotopic (exact) mass is 401 g/mol. The number of hydrogen-bond acceptors (Lipinski definition) is 7. The van der Waals surface area contributed by atoms with Crippen molar-refractivity contribution in [3.8, 4) is 11.5 Å². The van der Waals surface area contributed by atoms with Crippen molar-refractivity contribution >= 4 is 33.5 Å². The molecule has 0 unspecified atom stereocenters. The molecule has 1 aliphatic heterocycles. The second-order valence-electron chi connectivity index (χ2n) is 6.66. The van der Waals surface area contributed by atoms with Crippen LogP contribution in [-0.2, 0) is 4.74 Å². The lowest BCUT2D eigenvalue weighted by molar-refractivity contribution is -0.0489. The maximum absolute atomic E-state index is 10.6. The Bertz CT molecular complexity index is 1160. The van der Waals surface area contributed by atoms with Crippen molar-refractivity contribution in [1.29, 1.82) is 0 Å². The normalized spacial score (nSPS) is 25.1. The van der Waals surface area contributed by atoms with Crippen molar-refractivity contribution in [2.75, 3.05) is 6.61 Å². The molecule has 3 aromatic heterocycles. The predicted molar refractivity (Wildman–Crippen MR) is 101 cm³/mol. The molecule has 3 N–H and O–H groups in total. The first-order valence-electron chi connectivity index (χ1n) is 8.70. The van der Waals surface area contributed by atoms with Gasteiger partial charge in [-0.3, -0.25) is 4.57 Å². The zero-order valence-electron chi connectivity index (χ0n) is 14.4. The fourth-order valence-corrected chi connectivity index (χ4v) is 3.96. The average molecular weight is 402 g/mol. The van der Waals surface area contributed by atoms with Gasteiger partial charge in [0.1, 0.15) is 36.0 Å². The molecule has 0 spiro atoms. The van der Waals surface area contributed by atoms with Gasteiger partial charge in [0.2, 0.25) is 0 Å². The summed E-state index contributed by atoms with van der Waals surface area (Å²) in [5.41, 5.74) is 1.77. The van der Waals surface area contributed by atoms with Crippen LogP contribution in [0.4, 0.5) is 0 Å². The van der Waals surface area contributed by atoms with Crippen LogP contribution in [-0.4, -0.2) is 54.8 Å². The van der Waals surface area contributed by atoms with Gasteiger partial charge in [-0.25, -0.2) is 9.97 Å². The molecule has 0 saturated carbocycles. The number of benzene rings is 1. The first kappa shape index (κ1) is 17.6. The summed E-state index contributed by atoms with van der Waals surface area (Å²) in [6.07, 6.45) is -1.34. The summed E-state index contributed by atoms with van der Waals surface area (Å²) in [5, 5.41) is 32.2. The lowest BCUT2D eigenvalue weighted by Gasteiger charge is -2.18. The van der Waals surface area contributed by atoms with E-state index in [1.54, 1.807) is 41.2 Å². The minimum Gasteiger partial charge on any atom is -0.463 e. The van der Waals surface area contributed by atoms with Crippen molar-refractivity contribution in [3.63, 3.8) is 0 Å². The molecular weight excluding hydrogens is 386 g/mol. The summed E-state index contributed by atoms with van der Waals surface area (Å²) < 4.78 is 13.0. The highest BCUT2D eigenvalue weighted by Gasteiger charge is 2.44. The molecular formula is C19H16ClN3O5. The minimum atomic E-state index is -1.24. The second-order valence-corrected chi connectivity index (χ2v) is 7.09. The van der Waals surface area contributed by atoms with Gasteiger partial charge in [0.25, 0.3) is 0 Å². The number of rotatable bonds is 3. The lowest BCUT2D eigenvalue weighted by Crippen LogP contribution is -2.33. The molecule has 8 nitrogen and oxygen atoms in total. The number of aliphatic hydroxyl groups is 3. The number of hydrogen-bond donors (Lipinski definition) is 3. The largest absolute Gasteiger partial charge is 0.463 e. The maximum atomic E-state index is 10.6. The van der Waals surface area contributed by atoms with Gasteiger partial charge in [-0.05, 0) is 30.3 Å². The Morgan fingerprint density at radius 1 is 1.14 bits per heavy atom. The Balaban J connectivity index is 1.84. The second kappa shape index (κ2) is 6.54. The van der Waals surface area contributed by atoms with Crippen molar-refractivity contribution in [3.05, 3.63) is 47.9 Å². The molecule has 1 saturated heterocycles. The third kappa shape index (κ3) is 2.47. The zero-order valence-corrected chi connectivity index (χ0v) is 15.2. The average Bonchev–Trinajstić information content (AvgIpc) is 3.40. The molecule has 0 amide bonds. The van der Waals surface area contributed by atoms with Crippen LogP contribution in [0.5, 0.6) is 0 Å². The van der Waals surface area contributed by atoms with Gasteiger partial charge in [0.15, 0.2) is 12.0 Å². The number of fused-ring (bicyclic) bond motifs is 3. The SMILES string of the molecule is OC[C@H]1O[C@@H](n2c3ccc(Cl)cc3c3c(-c4ccco4)ncnc32)[C@@H](O)[C@@H]1O. The van der Waals surface area contributed by atoms with E-state index in [1.165, 1.54) is 6.33 Å². The zero-order chi connectivity index (χ0) is 19.4. The molecule has 9 heteroatoms. The fourth-order valence-electron chi connectivity index (χ4n) is 3.79. The smallest absolute Gasteiger partial charge is 0.165 e. The van der Waals surface area contributed by atoms with E-state index in [0.717, 1.165) is 5.39 Å². The molecule has 0 radical (unpaired) electrons. The number of furan rings is 1. The highest BCUT2D eigenvalue weighted by Crippen LogP contribution is 2.40. The first-order chi connectivity index (χ1) is 13.6. The van der Waals surface area contributed by atoms with Crippen LogP contribution in [0.15, 0.2) is 47.3 Å². The summed E-state index contributed by atoms with van der Waals surface area (Å²) >= 11 is 6.24.